The normalized spacial score (nSPS) is 13.1. The van der Waals surface area contributed by atoms with Crippen molar-refractivity contribution in [3.8, 4) is 0 Å². The number of aliphatic carboxylic acids is 1. The number of alkyl halides is 2. The van der Waals surface area contributed by atoms with Gasteiger partial charge in [-0.05, 0) is 19.1 Å². The predicted molar refractivity (Wildman–Crippen MR) is 46.5 cm³/mol. The second-order valence-electron chi connectivity index (χ2n) is 3.04. The van der Waals surface area contributed by atoms with E-state index in [0.717, 1.165) is 0 Å². The fourth-order valence-electron chi connectivity index (χ4n) is 1.26. The average Bonchev–Trinajstić information content (AvgIpc) is 2.49. The summed E-state index contributed by atoms with van der Waals surface area (Å²) in [6.07, 6.45) is -1.01. The van der Waals surface area contributed by atoms with Gasteiger partial charge in [-0.15, -0.1) is 0 Å². The number of carboxylic acids is 1. The Labute approximate surface area is 80.0 Å². The molecule has 1 heterocycles. The summed E-state index contributed by atoms with van der Waals surface area (Å²) < 4.78 is 25.4. The molecule has 0 saturated heterocycles. The topological polar surface area (TPSA) is 42.2 Å². The van der Waals surface area contributed by atoms with Crippen LogP contribution in [-0.2, 0) is 11.3 Å². The Morgan fingerprint density at radius 3 is 2.79 bits per heavy atom. The highest BCUT2D eigenvalue weighted by Gasteiger charge is 2.18. The van der Waals surface area contributed by atoms with Crippen LogP contribution in [0.5, 0.6) is 0 Å². The molecule has 1 atom stereocenters. The molecule has 0 fully saturated rings. The van der Waals surface area contributed by atoms with Crippen molar-refractivity contribution >= 4 is 5.97 Å². The lowest BCUT2D eigenvalue weighted by atomic mass is 10.1. The highest BCUT2D eigenvalue weighted by atomic mass is 19.3. The number of aromatic nitrogens is 1. The van der Waals surface area contributed by atoms with Crippen LogP contribution in [0.25, 0.3) is 0 Å². The number of nitrogens with zero attached hydrogens (tertiary/aromatic N) is 1. The molecule has 0 aliphatic rings. The van der Waals surface area contributed by atoms with Crippen LogP contribution >= 0.6 is 0 Å². The monoisotopic (exact) mass is 203 g/mol. The van der Waals surface area contributed by atoms with Crippen molar-refractivity contribution in [1.29, 1.82) is 0 Å². The van der Waals surface area contributed by atoms with Crippen LogP contribution in [0.1, 0.15) is 18.5 Å². The van der Waals surface area contributed by atoms with E-state index in [1.54, 1.807) is 12.1 Å². The van der Waals surface area contributed by atoms with E-state index in [9.17, 15) is 13.6 Å². The highest BCUT2D eigenvalue weighted by Crippen LogP contribution is 2.17. The lowest BCUT2D eigenvalue weighted by Gasteiger charge is -2.11. The minimum Gasteiger partial charge on any atom is -0.481 e. The van der Waals surface area contributed by atoms with Crippen LogP contribution in [0.4, 0.5) is 8.78 Å². The zero-order valence-electron chi connectivity index (χ0n) is 7.65. The summed E-state index contributed by atoms with van der Waals surface area (Å²) in [6, 6.07) is 3.11. The molecule has 0 aromatic carbocycles. The number of carboxylic acid groups (broad SMARTS) is 1. The molecule has 0 saturated carbocycles. The molecular formula is C9H11F2NO2. The quantitative estimate of drug-likeness (QED) is 0.812. The predicted octanol–water partition coefficient (Wildman–Crippen LogP) is 1.94. The second kappa shape index (κ2) is 4.21. The van der Waals surface area contributed by atoms with Crippen molar-refractivity contribution in [2.24, 2.45) is 0 Å². The van der Waals surface area contributed by atoms with E-state index in [4.69, 9.17) is 5.11 Å². The second-order valence-corrected chi connectivity index (χ2v) is 3.04. The van der Waals surface area contributed by atoms with Crippen molar-refractivity contribution in [2.45, 2.75) is 25.8 Å². The largest absolute Gasteiger partial charge is 0.481 e. The van der Waals surface area contributed by atoms with Crippen LogP contribution < -0.4 is 0 Å². The first-order valence-electron chi connectivity index (χ1n) is 4.18. The van der Waals surface area contributed by atoms with E-state index < -0.39 is 24.9 Å². The third-order valence-electron chi connectivity index (χ3n) is 2.01. The van der Waals surface area contributed by atoms with Crippen LogP contribution in [0.15, 0.2) is 18.3 Å². The van der Waals surface area contributed by atoms with E-state index in [1.165, 1.54) is 17.7 Å². The van der Waals surface area contributed by atoms with Gasteiger partial charge in [0.15, 0.2) is 0 Å². The van der Waals surface area contributed by atoms with Crippen LogP contribution in [-0.4, -0.2) is 22.1 Å². The lowest BCUT2D eigenvalue weighted by Crippen LogP contribution is -2.15. The summed E-state index contributed by atoms with van der Waals surface area (Å²) in [5.41, 5.74) is 0.401. The van der Waals surface area contributed by atoms with Gasteiger partial charge in [-0.2, -0.15) is 0 Å². The van der Waals surface area contributed by atoms with E-state index in [-0.39, 0.29) is 0 Å². The van der Waals surface area contributed by atoms with E-state index in [0.29, 0.717) is 5.69 Å². The number of halogens is 2. The first-order chi connectivity index (χ1) is 6.52. The summed E-state index contributed by atoms with van der Waals surface area (Å²) in [4.78, 5) is 10.6. The van der Waals surface area contributed by atoms with Gasteiger partial charge in [-0.3, -0.25) is 4.79 Å². The van der Waals surface area contributed by atoms with Gasteiger partial charge in [-0.1, -0.05) is 0 Å². The van der Waals surface area contributed by atoms with Crippen LogP contribution in [0, 0.1) is 0 Å². The Hall–Kier alpha value is -1.39. The minimum absolute atomic E-state index is 0.401. The molecule has 1 aromatic heterocycles. The zero-order chi connectivity index (χ0) is 10.7. The van der Waals surface area contributed by atoms with Crippen LogP contribution in [0.3, 0.4) is 0 Å². The Morgan fingerprint density at radius 1 is 1.64 bits per heavy atom. The van der Waals surface area contributed by atoms with Gasteiger partial charge in [0, 0.05) is 11.9 Å². The molecule has 5 heteroatoms. The van der Waals surface area contributed by atoms with Gasteiger partial charge in [0.1, 0.15) is 0 Å². The number of carbonyl (C=O) groups is 1. The number of hydrogen-bond acceptors (Lipinski definition) is 1. The fraction of sp³-hybridized carbons (Fsp3) is 0.444. The Morgan fingerprint density at radius 2 is 2.29 bits per heavy atom. The van der Waals surface area contributed by atoms with Gasteiger partial charge in [0.2, 0.25) is 0 Å². The van der Waals surface area contributed by atoms with E-state index in [1.807, 2.05) is 0 Å². The Bertz CT molecular complexity index is 322. The highest BCUT2D eigenvalue weighted by molar-refractivity contribution is 5.74. The lowest BCUT2D eigenvalue weighted by molar-refractivity contribution is -0.138. The molecule has 14 heavy (non-hydrogen) atoms. The third-order valence-corrected chi connectivity index (χ3v) is 2.01. The minimum atomic E-state index is -2.47. The molecule has 3 nitrogen and oxygen atoms in total. The van der Waals surface area contributed by atoms with Crippen LogP contribution in [0.2, 0.25) is 0 Å². The molecule has 1 N–H and O–H groups in total. The molecular weight excluding hydrogens is 192 g/mol. The zero-order valence-corrected chi connectivity index (χ0v) is 7.65. The van der Waals surface area contributed by atoms with Crippen molar-refractivity contribution in [2.75, 3.05) is 0 Å². The van der Waals surface area contributed by atoms with Gasteiger partial charge < -0.3 is 9.67 Å². The molecule has 1 rings (SSSR count). The van der Waals surface area contributed by atoms with Crippen molar-refractivity contribution in [3.63, 3.8) is 0 Å². The van der Waals surface area contributed by atoms with Crippen molar-refractivity contribution in [1.82, 2.24) is 4.57 Å². The molecule has 78 valence electrons. The fourth-order valence-corrected chi connectivity index (χ4v) is 1.26. The summed E-state index contributed by atoms with van der Waals surface area (Å²) in [7, 11) is 0. The molecule has 0 aliphatic carbocycles. The molecule has 0 radical (unpaired) electrons. The smallest absolute Gasteiger partial charge is 0.312 e. The maximum atomic E-state index is 12.1. The molecule has 0 spiro atoms. The standard InChI is InChI=1S/C9H11F2NO2/c1-6(9(13)14)7-3-2-4-12(7)5-8(10)11/h2-4,6,8H,5H2,1H3,(H,13,14). The Kier molecular flexibility index (Phi) is 3.22. The van der Waals surface area contributed by atoms with E-state index >= 15 is 0 Å². The SMILES string of the molecule is CC(C(=O)O)c1cccn1CC(F)F. The molecule has 0 amide bonds. The molecule has 0 aliphatic heterocycles. The van der Waals surface area contributed by atoms with Crippen molar-refractivity contribution in [3.05, 3.63) is 24.0 Å². The third kappa shape index (κ3) is 2.31. The van der Waals surface area contributed by atoms with Gasteiger partial charge >= 0.3 is 5.97 Å². The summed E-state index contributed by atoms with van der Waals surface area (Å²) in [6.45, 7) is 1.01. The summed E-state index contributed by atoms with van der Waals surface area (Å²) in [5.74, 6) is -1.78. The Balaban J connectivity index is 2.86. The summed E-state index contributed by atoms with van der Waals surface area (Å²) >= 11 is 0. The maximum Gasteiger partial charge on any atom is 0.312 e. The number of rotatable bonds is 4. The van der Waals surface area contributed by atoms with E-state index in [2.05, 4.69) is 0 Å². The average molecular weight is 203 g/mol. The molecule has 1 unspecified atom stereocenters. The molecule has 1 aromatic rings. The first kappa shape index (κ1) is 10.7. The first-order valence-corrected chi connectivity index (χ1v) is 4.18. The molecule has 0 bridgehead atoms. The maximum absolute atomic E-state index is 12.1. The number of hydrogen-bond donors (Lipinski definition) is 1. The van der Waals surface area contributed by atoms with Gasteiger partial charge in [0.25, 0.3) is 6.43 Å². The van der Waals surface area contributed by atoms with Gasteiger partial charge in [0.05, 0.1) is 12.5 Å². The summed E-state index contributed by atoms with van der Waals surface area (Å²) in [5, 5.41) is 8.71. The van der Waals surface area contributed by atoms with Crippen molar-refractivity contribution < 1.29 is 18.7 Å². The van der Waals surface area contributed by atoms with Gasteiger partial charge in [-0.25, -0.2) is 8.78 Å².